The Morgan fingerprint density at radius 2 is 1.17 bits per heavy atom. The molecule has 0 spiro atoms. The predicted octanol–water partition coefficient (Wildman–Crippen LogP) is 2.79. The number of aliphatic hydroxyl groups excluding tert-OH is 1. The summed E-state index contributed by atoms with van der Waals surface area (Å²) in [5, 5.41) is 7.00. The molecule has 0 fully saturated rings. The highest BCUT2D eigenvalue weighted by molar-refractivity contribution is 5.72. The molecule has 0 amide bonds. The lowest BCUT2D eigenvalue weighted by Crippen LogP contribution is -1.69. The summed E-state index contributed by atoms with van der Waals surface area (Å²) in [6, 6.07) is 0. The molecule has 1 N–H and O–H groups in total. The number of unbranched alkanes of at least 4 members (excludes halogenated alkanes) is 3. The Balaban J connectivity index is -0.000000118. The van der Waals surface area contributed by atoms with Crippen LogP contribution in [0.15, 0.2) is 0 Å². The van der Waals surface area contributed by atoms with Crippen LogP contribution < -0.4 is 0 Å². The van der Waals surface area contributed by atoms with Crippen LogP contribution in [0.4, 0.5) is 0 Å². The molecule has 76 valence electrons. The molecule has 0 aromatic carbocycles. The Bertz CT molecular complexity index is 62.2. The van der Waals surface area contributed by atoms with E-state index in [1.165, 1.54) is 39.5 Å². The van der Waals surface area contributed by atoms with Crippen molar-refractivity contribution in [2.75, 3.05) is 7.11 Å². The van der Waals surface area contributed by atoms with Crippen molar-refractivity contribution in [2.45, 2.75) is 53.4 Å². The van der Waals surface area contributed by atoms with Crippen LogP contribution in [0.2, 0.25) is 0 Å². The van der Waals surface area contributed by atoms with Crippen LogP contribution >= 0.6 is 0 Å². The van der Waals surface area contributed by atoms with Gasteiger partial charge in [-0.2, -0.15) is 0 Å². The quantitative estimate of drug-likeness (QED) is 0.671. The van der Waals surface area contributed by atoms with E-state index in [9.17, 15) is 4.79 Å². The fourth-order valence-corrected chi connectivity index (χ4v) is 0.500. The van der Waals surface area contributed by atoms with Crippen molar-refractivity contribution < 1.29 is 9.90 Å². The van der Waals surface area contributed by atoms with Gasteiger partial charge in [0.25, 0.3) is 0 Å². The molecule has 0 aliphatic carbocycles. The Morgan fingerprint density at radius 3 is 1.25 bits per heavy atom. The van der Waals surface area contributed by atoms with Gasteiger partial charge in [-0.25, -0.2) is 0 Å². The van der Waals surface area contributed by atoms with E-state index in [1.807, 2.05) is 0 Å². The molecule has 0 rings (SSSR count). The molecule has 0 bridgehead atoms. The van der Waals surface area contributed by atoms with E-state index in [2.05, 4.69) is 13.8 Å². The van der Waals surface area contributed by atoms with E-state index in [0.717, 1.165) is 7.11 Å². The van der Waals surface area contributed by atoms with E-state index >= 15 is 0 Å². The highest BCUT2D eigenvalue weighted by atomic mass is 16.2. The zero-order valence-electron chi connectivity index (χ0n) is 9.18. The van der Waals surface area contributed by atoms with Crippen molar-refractivity contribution in [3.05, 3.63) is 0 Å². The largest absolute Gasteiger partial charge is 0.400 e. The summed E-state index contributed by atoms with van der Waals surface area (Å²) in [7, 11) is 1.00. The normalized spacial score (nSPS) is 7.17. The van der Waals surface area contributed by atoms with Gasteiger partial charge >= 0.3 is 0 Å². The minimum atomic E-state index is 0.167. The summed E-state index contributed by atoms with van der Waals surface area (Å²) in [6.45, 7) is 7.52. The summed E-state index contributed by atoms with van der Waals surface area (Å²) in [5.74, 6) is 0.167. The van der Waals surface area contributed by atoms with Crippen LogP contribution in [-0.2, 0) is 4.79 Å². The number of hydrogen-bond donors (Lipinski definition) is 1. The molecule has 0 heterocycles. The molecule has 0 radical (unpaired) electrons. The first-order valence-corrected chi connectivity index (χ1v) is 4.57. The molecule has 0 atom stereocenters. The van der Waals surface area contributed by atoms with Crippen LogP contribution in [0.25, 0.3) is 0 Å². The van der Waals surface area contributed by atoms with Crippen LogP contribution in [0.3, 0.4) is 0 Å². The lowest BCUT2D eigenvalue weighted by atomic mass is 10.2. The molecular formula is C10H24O2. The Hall–Kier alpha value is -0.370. The maximum absolute atomic E-state index is 9.44. The van der Waals surface area contributed by atoms with Crippen molar-refractivity contribution in [3.8, 4) is 0 Å². The van der Waals surface area contributed by atoms with E-state index in [1.54, 1.807) is 0 Å². The van der Waals surface area contributed by atoms with E-state index in [4.69, 9.17) is 5.11 Å². The monoisotopic (exact) mass is 176 g/mol. The summed E-state index contributed by atoms with van der Waals surface area (Å²) in [6.07, 6.45) is 5.54. The standard InChI is InChI=1S/C6H14.C3H6O.CH4O/c1-3-5-6-4-2;1-3(2)4;1-2/h3-6H2,1-2H3;1-2H3;2H,1H3. The van der Waals surface area contributed by atoms with Gasteiger partial charge in [0, 0.05) is 7.11 Å². The lowest BCUT2D eigenvalue weighted by molar-refractivity contribution is -0.114. The second kappa shape index (κ2) is 22.4. The number of carbonyl (C=O) groups excluding carboxylic acids is 1. The van der Waals surface area contributed by atoms with Gasteiger partial charge in [0.2, 0.25) is 0 Å². The molecule has 0 saturated carbocycles. The smallest absolute Gasteiger partial charge is 0.126 e. The van der Waals surface area contributed by atoms with E-state index in [0.29, 0.717) is 0 Å². The van der Waals surface area contributed by atoms with Crippen molar-refractivity contribution in [1.29, 1.82) is 0 Å². The Labute approximate surface area is 77.0 Å². The molecule has 2 nitrogen and oxygen atoms in total. The number of carbonyl (C=O) groups is 1. The highest BCUT2D eigenvalue weighted by Gasteiger charge is 1.75. The first kappa shape index (κ1) is 17.6. The average molecular weight is 176 g/mol. The summed E-state index contributed by atoms with van der Waals surface area (Å²) >= 11 is 0. The fraction of sp³-hybridized carbons (Fsp3) is 0.900. The number of hydrogen-bond acceptors (Lipinski definition) is 2. The third-order valence-corrected chi connectivity index (χ3v) is 0.957. The van der Waals surface area contributed by atoms with E-state index < -0.39 is 0 Å². The van der Waals surface area contributed by atoms with Gasteiger partial charge < -0.3 is 9.90 Å². The minimum absolute atomic E-state index is 0.167. The zero-order valence-corrected chi connectivity index (χ0v) is 9.18. The molecular weight excluding hydrogens is 152 g/mol. The number of ketones is 1. The SMILES string of the molecule is CC(C)=O.CCCCCC.CO. The average Bonchev–Trinajstić information content (AvgIpc) is 2.04. The van der Waals surface area contributed by atoms with E-state index in [-0.39, 0.29) is 5.78 Å². The summed E-state index contributed by atoms with van der Waals surface area (Å²) in [5.41, 5.74) is 0. The number of rotatable bonds is 3. The molecule has 0 aliphatic heterocycles. The van der Waals surface area contributed by atoms with Crippen molar-refractivity contribution >= 4 is 5.78 Å². The number of aliphatic hydroxyl groups is 1. The van der Waals surface area contributed by atoms with Gasteiger partial charge in [0.1, 0.15) is 5.78 Å². The van der Waals surface area contributed by atoms with Crippen LogP contribution in [0, 0.1) is 0 Å². The topological polar surface area (TPSA) is 37.3 Å². The second-order valence-corrected chi connectivity index (χ2v) is 2.62. The van der Waals surface area contributed by atoms with Crippen LogP contribution in [0.5, 0.6) is 0 Å². The lowest BCUT2D eigenvalue weighted by Gasteiger charge is -1.86. The Morgan fingerprint density at radius 1 is 1.00 bits per heavy atom. The minimum Gasteiger partial charge on any atom is -0.400 e. The maximum Gasteiger partial charge on any atom is 0.126 e. The third-order valence-electron chi connectivity index (χ3n) is 0.957. The van der Waals surface area contributed by atoms with Gasteiger partial charge in [-0.05, 0) is 13.8 Å². The Kier molecular flexibility index (Phi) is 33.0. The van der Waals surface area contributed by atoms with Crippen LogP contribution in [-0.4, -0.2) is 18.0 Å². The molecule has 12 heavy (non-hydrogen) atoms. The first-order chi connectivity index (χ1) is 5.65. The van der Waals surface area contributed by atoms with Crippen molar-refractivity contribution in [3.63, 3.8) is 0 Å². The molecule has 0 unspecified atom stereocenters. The van der Waals surface area contributed by atoms with Gasteiger partial charge in [-0.3, -0.25) is 0 Å². The zero-order chi connectivity index (χ0) is 10.4. The predicted molar refractivity (Wildman–Crippen MR) is 54.3 cm³/mol. The molecule has 0 aromatic heterocycles. The number of Topliss-reactive ketones (excluding diaryl/α,β-unsaturated/α-hetero) is 1. The van der Waals surface area contributed by atoms with Crippen LogP contribution in [0.1, 0.15) is 53.4 Å². The summed E-state index contributed by atoms with van der Waals surface area (Å²) < 4.78 is 0. The maximum atomic E-state index is 9.44. The van der Waals surface area contributed by atoms with Gasteiger partial charge in [-0.1, -0.05) is 39.5 Å². The first-order valence-electron chi connectivity index (χ1n) is 4.57. The molecule has 0 aromatic rings. The van der Waals surface area contributed by atoms with Crippen molar-refractivity contribution in [1.82, 2.24) is 0 Å². The highest BCUT2D eigenvalue weighted by Crippen LogP contribution is 1.95. The third kappa shape index (κ3) is 104. The van der Waals surface area contributed by atoms with Gasteiger partial charge in [0.05, 0.1) is 0 Å². The summed E-state index contributed by atoms with van der Waals surface area (Å²) in [4.78, 5) is 9.44. The van der Waals surface area contributed by atoms with Gasteiger partial charge in [0.15, 0.2) is 0 Å². The molecule has 2 heteroatoms. The second-order valence-electron chi connectivity index (χ2n) is 2.62. The fourth-order valence-electron chi connectivity index (χ4n) is 0.500. The van der Waals surface area contributed by atoms with Gasteiger partial charge in [-0.15, -0.1) is 0 Å². The molecule has 0 aliphatic rings. The van der Waals surface area contributed by atoms with Crippen molar-refractivity contribution in [2.24, 2.45) is 0 Å². The molecule has 0 saturated heterocycles.